The second kappa shape index (κ2) is 6.71. The van der Waals surface area contributed by atoms with Gasteiger partial charge in [-0.25, -0.2) is 9.97 Å². The van der Waals surface area contributed by atoms with Crippen LogP contribution in [-0.2, 0) is 6.54 Å². The molecule has 0 saturated heterocycles. The molecule has 1 aliphatic carbocycles. The molecule has 0 radical (unpaired) electrons. The van der Waals surface area contributed by atoms with Crippen LogP contribution in [0.3, 0.4) is 0 Å². The van der Waals surface area contributed by atoms with E-state index in [-0.39, 0.29) is 0 Å². The molecule has 1 aliphatic rings. The maximum Gasteiger partial charge on any atom is 0.146 e. The molecule has 114 valence electrons. The van der Waals surface area contributed by atoms with Gasteiger partial charge in [-0.05, 0) is 44.2 Å². The van der Waals surface area contributed by atoms with Crippen LogP contribution in [0.1, 0.15) is 38.4 Å². The van der Waals surface area contributed by atoms with E-state index < -0.39 is 0 Å². The van der Waals surface area contributed by atoms with Gasteiger partial charge in [-0.2, -0.15) is 0 Å². The minimum absolute atomic E-state index is 0.836. The van der Waals surface area contributed by atoms with Crippen LogP contribution < -0.4 is 5.32 Å². The summed E-state index contributed by atoms with van der Waals surface area (Å²) in [6.45, 7) is 5.00. The van der Waals surface area contributed by atoms with Crippen molar-refractivity contribution in [2.75, 3.05) is 25.5 Å². The Bertz CT molecular complexity index is 589. The summed E-state index contributed by atoms with van der Waals surface area (Å²) in [5, 5.41) is 6.59. The van der Waals surface area contributed by atoms with Gasteiger partial charge in [0.2, 0.25) is 0 Å². The number of thiophene rings is 1. The van der Waals surface area contributed by atoms with E-state index in [1.165, 1.54) is 32.2 Å². The molecule has 0 unspecified atom stereocenters. The first-order valence-electron chi connectivity index (χ1n) is 7.92. The van der Waals surface area contributed by atoms with E-state index in [2.05, 4.69) is 35.6 Å². The highest BCUT2D eigenvalue weighted by molar-refractivity contribution is 7.16. The first-order valence-corrected chi connectivity index (χ1v) is 8.80. The Morgan fingerprint density at radius 2 is 2.14 bits per heavy atom. The summed E-state index contributed by atoms with van der Waals surface area (Å²) >= 11 is 1.69. The van der Waals surface area contributed by atoms with Gasteiger partial charge in [0.05, 0.1) is 11.9 Å². The zero-order chi connectivity index (χ0) is 14.7. The highest BCUT2D eigenvalue weighted by Gasteiger charge is 2.18. The van der Waals surface area contributed by atoms with Crippen LogP contribution in [0.4, 0.5) is 5.82 Å². The lowest BCUT2D eigenvalue weighted by molar-refractivity contribution is 0.266. The lowest BCUT2D eigenvalue weighted by Crippen LogP contribution is -2.25. The quantitative estimate of drug-likeness (QED) is 0.882. The number of nitrogens with zero attached hydrogens (tertiary/aromatic N) is 3. The lowest BCUT2D eigenvalue weighted by atomic mass is 10.1. The SMILES string of the molecule is CCNc1nc(CN(C)CC2CCCC2)nc2sccc12. The fraction of sp³-hybridized carbons (Fsp3) is 0.625. The number of hydrogen-bond acceptors (Lipinski definition) is 5. The molecule has 0 amide bonds. The van der Waals surface area contributed by atoms with Crippen molar-refractivity contribution in [2.45, 2.75) is 39.2 Å². The number of fused-ring (bicyclic) bond motifs is 1. The van der Waals surface area contributed by atoms with E-state index in [4.69, 9.17) is 9.97 Å². The van der Waals surface area contributed by atoms with Crippen molar-refractivity contribution < 1.29 is 0 Å². The zero-order valence-corrected chi connectivity index (χ0v) is 13.7. The summed E-state index contributed by atoms with van der Waals surface area (Å²) in [6, 6.07) is 2.10. The van der Waals surface area contributed by atoms with Crippen LogP contribution in [0.2, 0.25) is 0 Å². The summed E-state index contributed by atoms with van der Waals surface area (Å²) in [5.41, 5.74) is 0. The highest BCUT2D eigenvalue weighted by Crippen LogP contribution is 2.27. The summed E-state index contributed by atoms with van der Waals surface area (Å²) in [5.74, 6) is 2.78. The standard InChI is InChI=1S/C16H24N4S/c1-3-17-15-13-8-9-21-16(13)19-14(18-15)11-20(2)10-12-6-4-5-7-12/h8-9,12H,3-7,10-11H2,1-2H3,(H,17,18,19). The van der Waals surface area contributed by atoms with Gasteiger partial charge < -0.3 is 5.32 Å². The highest BCUT2D eigenvalue weighted by atomic mass is 32.1. The van der Waals surface area contributed by atoms with E-state index in [0.29, 0.717) is 0 Å². The van der Waals surface area contributed by atoms with Crippen LogP contribution in [0.5, 0.6) is 0 Å². The fourth-order valence-corrected chi connectivity index (χ4v) is 3.99. The summed E-state index contributed by atoms with van der Waals surface area (Å²) in [6.07, 6.45) is 5.58. The molecule has 2 aromatic heterocycles. The van der Waals surface area contributed by atoms with Crippen LogP contribution in [0.25, 0.3) is 10.2 Å². The van der Waals surface area contributed by atoms with Gasteiger partial charge in [-0.3, -0.25) is 4.90 Å². The average molecular weight is 304 g/mol. The Morgan fingerprint density at radius 3 is 2.90 bits per heavy atom. The number of nitrogens with one attached hydrogen (secondary N) is 1. The number of anilines is 1. The van der Waals surface area contributed by atoms with Crippen molar-refractivity contribution >= 4 is 27.4 Å². The Hall–Kier alpha value is -1.20. The van der Waals surface area contributed by atoms with Crippen molar-refractivity contribution in [3.63, 3.8) is 0 Å². The molecule has 1 saturated carbocycles. The lowest BCUT2D eigenvalue weighted by Gasteiger charge is -2.20. The van der Waals surface area contributed by atoms with Gasteiger partial charge in [0.1, 0.15) is 16.5 Å². The molecule has 0 spiro atoms. The molecule has 21 heavy (non-hydrogen) atoms. The molecule has 0 aromatic carbocycles. The van der Waals surface area contributed by atoms with E-state index in [0.717, 1.165) is 40.9 Å². The van der Waals surface area contributed by atoms with Gasteiger partial charge in [-0.15, -0.1) is 11.3 Å². The average Bonchev–Trinajstić information content (AvgIpc) is 3.09. The molecular weight excluding hydrogens is 280 g/mol. The van der Waals surface area contributed by atoms with E-state index >= 15 is 0 Å². The molecule has 4 nitrogen and oxygen atoms in total. The Balaban J connectivity index is 1.73. The monoisotopic (exact) mass is 304 g/mol. The van der Waals surface area contributed by atoms with Crippen molar-refractivity contribution in [2.24, 2.45) is 5.92 Å². The second-order valence-electron chi connectivity index (χ2n) is 6.01. The summed E-state index contributed by atoms with van der Waals surface area (Å²) in [4.78, 5) is 12.9. The van der Waals surface area contributed by atoms with Crippen LogP contribution in [0, 0.1) is 5.92 Å². The maximum absolute atomic E-state index is 4.72. The van der Waals surface area contributed by atoms with Gasteiger partial charge >= 0.3 is 0 Å². The molecule has 2 aromatic rings. The number of hydrogen-bond donors (Lipinski definition) is 1. The van der Waals surface area contributed by atoms with Crippen LogP contribution in [0.15, 0.2) is 11.4 Å². The smallest absolute Gasteiger partial charge is 0.146 e. The van der Waals surface area contributed by atoms with E-state index in [1.807, 2.05) is 0 Å². The van der Waals surface area contributed by atoms with E-state index in [9.17, 15) is 0 Å². The number of aromatic nitrogens is 2. The molecule has 5 heteroatoms. The summed E-state index contributed by atoms with van der Waals surface area (Å²) < 4.78 is 0. The Morgan fingerprint density at radius 1 is 1.33 bits per heavy atom. The number of rotatable bonds is 6. The van der Waals surface area contributed by atoms with Crippen molar-refractivity contribution in [3.05, 3.63) is 17.3 Å². The first kappa shape index (κ1) is 14.7. The van der Waals surface area contributed by atoms with Gasteiger partial charge in [0, 0.05) is 13.1 Å². The Labute approximate surface area is 130 Å². The van der Waals surface area contributed by atoms with Gasteiger partial charge in [0.25, 0.3) is 0 Å². The minimum atomic E-state index is 0.836. The Kier molecular flexibility index (Phi) is 4.70. The van der Waals surface area contributed by atoms with Crippen LogP contribution >= 0.6 is 11.3 Å². The zero-order valence-electron chi connectivity index (χ0n) is 12.9. The van der Waals surface area contributed by atoms with Gasteiger partial charge in [0.15, 0.2) is 0 Å². The second-order valence-corrected chi connectivity index (χ2v) is 6.90. The fourth-order valence-electron chi connectivity index (χ4n) is 3.21. The maximum atomic E-state index is 4.72. The molecule has 0 bridgehead atoms. The third-order valence-electron chi connectivity index (χ3n) is 4.17. The molecule has 0 aliphatic heterocycles. The predicted octanol–water partition coefficient (Wildman–Crippen LogP) is 3.75. The van der Waals surface area contributed by atoms with Crippen molar-refractivity contribution in [3.8, 4) is 0 Å². The first-order chi connectivity index (χ1) is 10.3. The topological polar surface area (TPSA) is 41.1 Å². The molecule has 1 N–H and O–H groups in total. The largest absolute Gasteiger partial charge is 0.370 e. The molecule has 0 atom stereocenters. The van der Waals surface area contributed by atoms with Gasteiger partial charge in [-0.1, -0.05) is 12.8 Å². The molecule has 2 heterocycles. The minimum Gasteiger partial charge on any atom is -0.370 e. The normalized spacial score (nSPS) is 16.1. The summed E-state index contributed by atoms with van der Waals surface area (Å²) in [7, 11) is 2.19. The molecule has 1 fully saturated rings. The van der Waals surface area contributed by atoms with Crippen molar-refractivity contribution in [1.82, 2.24) is 14.9 Å². The third-order valence-corrected chi connectivity index (χ3v) is 4.98. The predicted molar refractivity (Wildman–Crippen MR) is 89.9 cm³/mol. The van der Waals surface area contributed by atoms with Crippen molar-refractivity contribution in [1.29, 1.82) is 0 Å². The molecule has 3 rings (SSSR count). The van der Waals surface area contributed by atoms with Crippen LogP contribution in [-0.4, -0.2) is 35.0 Å². The third kappa shape index (κ3) is 3.52. The molecular formula is C16H24N4S. The van der Waals surface area contributed by atoms with E-state index in [1.54, 1.807) is 11.3 Å².